The van der Waals surface area contributed by atoms with Gasteiger partial charge in [0.15, 0.2) is 0 Å². The van der Waals surface area contributed by atoms with Crippen LogP contribution in [0.25, 0.3) is 11.4 Å². The van der Waals surface area contributed by atoms with E-state index in [-0.39, 0.29) is 12.0 Å². The van der Waals surface area contributed by atoms with Crippen LogP contribution in [0.1, 0.15) is 25.3 Å². The zero-order valence-corrected chi connectivity index (χ0v) is 9.90. The van der Waals surface area contributed by atoms with E-state index in [4.69, 9.17) is 5.26 Å². The zero-order valence-electron chi connectivity index (χ0n) is 9.90. The number of benzene rings is 1. The Morgan fingerprint density at radius 3 is 2.83 bits per heavy atom. The Kier molecular flexibility index (Phi) is 2.77. The topological polar surface area (TPSA) is 67.4 Å². The van der Waals surface area contributed by atoms with Crippen molar-refractivity contribution < 1.29 is 0 Å². The Hall–Kier alpha value is -2.22. The standard InChI is InChI=1S/C13H13N5/c14-9-11-7-4-8-12(11)18-16-13(15-17-18)10-5-2-1-3-6-10/h1-3,5-6,11-12H,4,7-8H2. The number of rotatable bonds is 2. The van der Waals surface area contributed by atoms with Crippen LogP contribution in [0.5, 0.6) is 0 Å². The van der Waals surface area contributed by atoms with Crippen molar-refractivity contribution in [2.45, 2.75) is 25.3 Å². The van der Waals surface area contributed by atoms with Gasteiger partial charge < -0.3 is 0 Å². The lowest BCUT2D eigenvalue weighted by Crippen LogP contribution is -2.15. The minimum Gasteiger partial charge on any atom is -0.198 e. The van der Waals surface area contributed by atoms with Crippen LogP contribution >= 0.6 is 0 Å². The largest absolute Gasteiger partial charge is 0.204 e. The van der Waals surface area contributed by atoms with Crippen LogP contribution in [-0.2, 0) is 0 Å². The Labute approximate surface area is 105 Å². The zero-order chi connectivity index (χ0) is 12.4. The molecule has 2 aromatic rings. The fourth-order valence-electron chi connectivity index (χ4n) is 2.44. The Morgan fingerprint density at radius 1 is 1.22 bits per heavy atom. The molecule has 3 rings (SSSR count). The highest BCUT2D eigenvalue weighted by molar-refractivity contribution is 5.52. The Morgan fingerprint density at radius 2 is 2.06 bits per heavy atom. The van der Waals surface area contributed by atoms with E-state index in [1.807, 2.05) is 30.3 Å². The smallest absolute Gasteiger partial charge is 0.198 e. The second kappa shape index (κ2) is 4.57. The lowest BCUT2D eigenvalue weighted by atomic mass is 10.1. The van der Waals surface area contributed by atoms with Crippen molar-refractivity contribution in [2.75, 3.05) is 0 Å². The third-order valence-electron chi connectivity index (χ3n) is 3.40. The summed E-state index contributed by atoms with van der Waals surface area (Å²) in [6.07, 6.45) is 2.96. The van der Waals surface area contributed by atoms with Crippen LogP contribution < -0.4 is 0 Å². The molecular weight excluding hydrogens is 226 g/mol. The van der Waals surface area contributed by atoms with Crippen LogP contribution in [0.15, 0.2) is 30.3 Å². The number of nitrogens with zero attached hydrogens (tertiary/aromatic N) is 5. The van der Waals surface area contributed by atoms with Crippen LogP contribution in [0, 0.1) is 17.2 Å². The van der Waals surface area contributed by atoms with Gasteiger partial charge in [0.1, 0.15) is 0 Å². The van der Waals surface area contributed by atoms with Crippen molar-refractivity contribution in [3.63, 3.8) is 0 Å². The fraction of sp³-hybridized carbons (Fsp3) is 0.385. The SMILES string of the molecule is N#CC1CCCC1n1nnc(-c2ccccc2)n1. The summed E-state index contributed by atoms with van der Waals surface area (Å²) >= 11 is 0. The summed E-state index contributed by atoms with van der Waals surface area (Å²) in [5, 5.41) is 21.7. The van der Waals surface area contributed by atoms with Crippen molar-refractivity contribution >= 4 is 0 Å². The summed E-state index contributed by atoms with van der Waals surface area (Å²) in [5.41, 5.74) is 0.954. The molecule has 0 radical (unpaired) electrons. The molecule has 1 fully saturated rings. The number of aromatic nitrogens is 4. The molecule has 0 bridgehead atoms. The van der Waals surface area contributed by atoms with Crippen LogP contribution in [0.4, 0.5) is 0 Å². The van der Waals surface area contributed by atoms with Crippen LogP contribution in [0.3, 0.4) is 0 Å². The second-order valence-corrected chi connectivity index (χ2v) is 4.53. The van der Waals surface area contributed by atoms with E-state index in [0.717, 1.165) is 24.8 Å². The van der Waals surface area contributed by atoms with Gasteiger partial charge in [-0.1, -0.05) is 30.3 Å². The number of hydrogen-bond donors (Lipinski definition) is 0. The summed E-state index contributed by atoms with van der Waals surface area (Å²) in [4.78, 5) is 1.61. The Bertz CT molecular complexity index is 569. The average molecular weight is 239 g/mol. The Balaban J connectivity index is 1.88. The number of tetrazole rings is 1. The van der Waals surface area contributed by atoms with Gasteiger partial charge in [-0.05, 0) is 24.5 Å². The lowest BCUT2D eigenvalue weighted by Gasteiger charge is -2.10. The molecule has 90 valence electrons. The van der Waals surface area contributed by atoms with Crippen molar-refractivity contribution in [3.05, 3.63) is 30.3 Å². The minimum absolute atomic E-state index is 0.0165. The maximum absolute atomic E-state index is 9.08. The minimum atomic E-state index is 0.0165. The van der Waals surface area contributed by atoms with Gasteiger partial charge in [-0.2, -0.15) is 10.1 Å². The average Bonchev–Trinajstić information content (AvgIpc) is 3.08. The van der Waals surface area contributed by atoms with Gasteiger partial charge in [0.2, 0.25) is 5.82 Å². The van der Waals surface area contributed by atoms with Gasteiger partial charge in [0, 0.05) is 5.56 Å². The van der Waals surface area contributed by atoms with E-state index >= 15 is 0 Å². The van der Waals surface area contributed by atoms with E-state index in [1.165, 1.54) is 0 Å². The highest BCUT2D eigenvalue weighted by Gasteiger charge is 2.30. The first-order valence-electron chi connectivity index (χ1n) is 6.13. The molecule has 1 heterocycles. The van der Waals surface area contributed by atoms with E-state index < -0.39 is 0 Å². The first kappa shape index (κ1) is 10.9. The van der Waals surface area contributed by atoms with E-state index in [1.54, 1.807) is 4.80 Å². The van der Waals surface area contributed by atoms with Gasteiger partial charge >= 0.3 is 0 Å². The van der Waals surface area contributed by atoms with Gasteiger partial charge in [-0.3, -0.25) is 0 Å². The molecule has 1 aromatic heterocycles. The highest BCUT2D eigenvalue weighted by Crippen LogP contribution is 2.34. The van der Waals surface area contributed by atoms with Crippen LogP contribution in [-0.4, -0.2) is 20.2 Å². The monoisotopic (exact) mass is 239 g/mol. The van der Waals surface area contributed by atoms with Crippen molar-refractivity contribution in [2.24, 2.45) is 5.92 Å². The predicted molar refractivity (Wildman–Crippen MR) is 65.2 cm³/mol. The second-order valence-electron chi connectivity index (χ2n) is 4.53. The molecule has 1 aliphatic rings. The molecule has 0 amide bonds. The normalized spacial score (nSPS) is 22.8. The summed E-state index contributed by atoms with van der Waals surface area (Å²) in [6.45, 7) is 0. The first-order valence-corrected chi connectivity index (χ1v) is 6.13. The van der Waals surface area contributed by atoms with Gasteiger partial charge in [0.05, 0.1) is 18.0 Å². The van der Waals surface area contributed by atoms with Crippen molar-refractivity contribution in [3.8, 4) is 17.5 Å². The third kappa shape index (κ3) is 1.86. The summed E-state index contributed by atoms with van der Waals surface area (Å²) < 4.78 is 0. The van der Waals surface area contributed by atoms with Gasteiger partial charge in [0.25, 0.3) is 0 Å². The molecular formula is C13H13N5. The third-order valence-corrected chi connectivity index (χ3v) is 3.40. The summed E-state index contributed by atoms with van der Waals surface area (Å²) in [7, 11) is 0. The maximum atomic E-state index is 9.08. The molecule has 0 aliphatic heterocycles. The molecule has 5 nitrogen and oxygen atoms in total. The van der Waals surface area contributed by atoms with E-state index in [9.17, 15) is 0 Å². The van der Waals surface area contributed by atoms with Crippen LogP contribution in [0.2, 0.25) is 0 Å². The molecule has 1 aromatic carbocycles. The molecule has 0 saturated heterocycles. The fourth-order valence-corrected chi connectivity index (χ4v) is 2.44. The quantitative estimate of drug-likeness (QED) is 0.805. The molecule has 18 heavy (non-hydrogen) atoms. The highest BCUT2D eigenvalue weighted by atomic mass is 15.6. The first-order chi connectivity index (χ1) is 8.88. The van der Waals surface area contributed by atoms with Gasteiger partial charge in [-0.15, -0.1) is 10.2 Å². The molecule has 1 aliphatic carbocycles. The van der Waals surface area contributed by atoms with Gasteiger partial charge in [-0.25, -0.2) is 0 Å². The predicted octanol–water partition coefficient (Wildman–Crippen LogP) is 2.20. The summed E-state index contributed by atoms with van der Waals surface area (Å²) in [6, 6.07) is 12.2. The molecule has 5 heteroatoms. The van der Waals surface area contributed by atoms with E-state index in [0.29, 0.717) is 5.82 Å². The van der Waals surface area contributed by atoms with E-state index in [2.05, 4.69) is 21.5 Å². The maximum Gasteiger partial charge on any atom is 0.204 e. The molecule has 2 atom stereocenters. The molecule has 2 unspecified atom stereocenters. The molecule has 0 N–H and O–H groups in total. The van der Waals surface area contributed by atoms with Crippen molar-refractivity contribution in [1.29, 1.82) is 5.26 Å². The molecule has 1 saturated carbocycles. The van der Waals surface area contributed by atoms with Crippen molar-refractivity contribution in [1.82, 2.24) is 20.2 Å². The molecule has 0 spiro atoms. The number of nitriles is 1. The lowest BCUT2D eigenvalue weighted by molar-refractivity contribution is 0.360. The number of hydrogen-bond acceptors (Lipinski definition) is 4. The summed E-state index contributed by atoms with van der Waals surface area (Å²) in [5.74, 6) is 0.641.